The van der Waals surface area contributed by atoms with Crippen LogP contribution in [0.2, 0.25) is 0 Å². The van der Waals surface area contributed by atoms with Crippen molar-refractivity contribution in [3.8, 4) is 5.69 Å². The van der Waals surface area contributed by atoms with E-state index in [0.717, 1.165) is 22.4 Å². The number of hydrogen-bond acceptors (Lipinski definition) is 4. The van der Waals surface area contributed by atoms with Crippen LogP contribution in [-0.2, 0) is 10.9 Å². The number of benzene rings is 2. The average Bonchev–Trinajstić information content (AvgIpc) is 2.78. The molecule has 0 saturated heterocycles. The van der Waals surface area contributed by atoms with E-state index in [-0.39, 0.29) is 24.0 Å². The van der Waals surface area contributed by atoms with E-state index in [1.807, 2.05) is 37.3 Å². The number of rotatable bonds is 8. The molecule has 0 fully saturated rings. The molecule has 1 aromatic heterocycles. The first-order chi connectivity index (χ1) is 15.7. The van der Waals surface area contributed by atoms with Crippen LogP contribution in [0.25, 0.3) is 5.69 Å². The summed E-state index contributed by atoms with van der Waals surface area (Å²) in [5, 5.41) is 6.52. The average molecular weight is 459 g/mol. The van der Waals surface area contributed by atoms with Crippen LogP contribution in [0.15, 0.2) is 65.5 Å². The third-order valence-corrected chi connectivity index (χ3v) is 5.00. The molecule has 1 amide bonds. The third kappa shape index (κ3) is 6.07. The number of nitrogens with zero attached hydrogens (tertiary/aromatic N) is 2. The number of alkyl halides is 3. The van der Waals surface area contributed by atoms with Crippen molar-refractivity contribution in [2.75, 3.05) is 13.2 Å². The highest BCUT2D eigenvalue weighted by Crippen LogP contribution is 2.33. The van der Waals surface area contributed by atoms with Crippen LogP contribution >= 0.6 is 0 Å². The van der Waals surface area contributed by atoms with Gasteiger partial charge in [-0.25, -0.2) is 4.68 Å². The molecule has 1 unspecified atom stereocenters. The summed E-state index contributed by atoms with van der Waals surface area (Å²) >= 11 is 0. The Morgan fingerprint density at radius 1 is 1.12 bits per heavy atom. The number of carbonyl (C=O) groups is 1. The lowest BCUT2D eigenvalue weighted by Gasteiger charge is -2.16. The molecule has 3 rings (SSSR count). The fraction of sp³-hybridized carbons (Fsp3) is 0.292. The van der Waals surface area contributed by atoms with Gasteiger partial charge in [0.15, 0.2) is 5.69 Å². The van der Waals surface area contributed by atoms with Crippen LogP contribution in [0.1, 0.15) is 46.8 Å². The van der Waals surface area contributed by atoms with Crippen LogP contribution in [0.3, 0.4) is 0 Å². The summed E-state index contributed by atoms with van der Waals surface area (Å²) in [6.45, 7) is 3.97. The number of amides is 1. The van der Waals surface area contributed by atoms with Gasteiger partial charge in [-0.15, -0.1) is 0 Å². The standard InChI is InChI=1S/C24H24F3N3O3/c1-16-15-21(31)22(29-30(16)20-12-7-6-11-19(20)24(25,26)27)23(32)28-13-8-14-33-17(2)18-9-4-3-5-10-18/h3-7,9-12,15,17H,8,13-14H2,1-2H3,(H,28,32). The normalized spacial score (nSPS) is 12.4. The Hall–Kier alpha value is -3.46. The number of halogens is 3. The summed E-state index contributed by atoms with van der Waals surface area (Å²) in [5.74, 6) is -0.755. The molecule has 3 aromatic rings. The minimum atomic E-state index is -4.62. The summed E-state index contributed by atoms with van der Waals surface area (Å²) in [4.78, 5) is 24.8. The summed E-state index contributed by atoms with van der Waals surface area (Å²) in [5.41, 5.74) is -1.11. The number of hydrogen-bond donors (Lipinski definition) is 1. The molecule has 1 atom stereocenters. The molecule has 33 heavy (non-hydrogen) atoms. The van der Waals surface area contributed by atoms with E-state index < -0.39 is 28.8 Å². The van der Waals surface area contributed by atoms with Gasteiger partial charge in [0.05, 0.1) is 17.4 Å². The molecule has 0 aliphatic heterocycles. The van der Waals surface area contributed by atoms with E-state index in [0.29, 0.717) is 13.0 Å². The summed E-state index contributed by atoms with van der Waals surface area (Å²) in [6, 6.07) is 15.6. The van der Waals surface area contributed by atoms with Gasteiger partial charge in [-0.2, -0.15) is 18.3 Å². The number of aryl methyl sites for hydroxylation is 1. The Kier molecular flexibility index (Phi) is 7.65. The Labute approximate surface area is 189 Å². The fourth-order valence-corrected chi connectivity index (χ4v) is 3.28. The minimum absolute atomic E-state index is 0.110. The van der Waals surface area contributed by atoms with Crippen LogP contribution < -0.4 is 10.7 Å². The zero-order valence-electron chi connectivity index (χ0n) is 18.2. The highest BCUT2D eigenvalue weighted by molar-refractivity contribution is 5.92. The monoisotopic (exact) mass is 459 g/mol. The van der Waals surface area contributed by atoms with E-state index >= 15 is 0 Å². The molecule has 174 valence electrons. The molecule has 9 heteroatoms. The quantitative estimate of drug-likeness (QED) is 0.505. The van der Waals surface area contributed by atoms with E-state index in [1.54, 1.807) is 0 Å². The van der Waals surface area contributed by atoms with Crippen molar-refractivity contribution in [2.45, 2.75) is 32.5 Å². The molecular formula is C24H24F3N3O3. The van der Waals surface area contributed by atoms with Crippen LogP contribution in [0, 0.1) is 6.92 Å². The van der Waals surface area contributed by atoms with Crippen molar-refractivity contribution < 1.29 is 22.7 Å². The summed E-state index contributed by atoms with van der Waals surface area (Å²) in [6.07, 6.45) is -4.24. The second-order valence-corrected chi connectivity index (χ2v) is 7.46. The summed E-state index contributed by atoms with van der Waals surface area (Å²) in [7, 11) is 0. The Morgan fingerprint density at radius 3 is 2.48 bits per heavy atom. The first kappa shape index (κ1) is 24.2. The van der Waals surface area contributed by atoms with Crippen molar-refractivity contribution >= 4 is 5.91 Å². The van der Waals surface area contributed by atoms with Gasteiger partial charge in [-0.1, -0.05) is 42.5 Å². The van der Waals surface area contributed by atoms with E-state index in [9.17, 15) is 22.8 Å². The zero-order valence-corrected chi connectivity index (χ0v) is 18.2. The van der Waals surface area contributed by atoms with E-state index in [2.05, 4.69) is 10.4 Å². The molecular weight excluding hydrogens is 435 g/mol. The smallest absolute Gasteiger partial charge is 0.374 e. The maximum atomic E-state index is 13.4. The van der Waals surface area contributed by atoms with Gasteiger partial charge in [0.25, 0.3) is 5.91 Å². The first-order valence-electron chi connectivity index (χ1n) is 10.4. The zero-order chi connectivity index (χ0) is 24.0. The molecule has 2 aromatic carbocycles. The van der Waals surface area contributed by atoms with Gasteiger partial charge >= 0.3 is 6.18 Å². The lowest BCUT2D eigenvalue weighted by molar-refractivity contribution is -0.137. The second kappa shape index (κ2) is 10.4. The van der Waals surface area contributed by atoms with Crippen molar-refractivity contribution in [2.24, 2.45) is 0 Å². The van der Waals surface area contributed by atoms with Crippen LogP contribution in [0.5, 0.6) is 0 Å². The van der Waals surface area contributed by atoms with Gasteiger partial charge in [0.1, 0.15) is 0 Å². The Balaban J connectivity index is 1.67. The molecule has 1 N–H and O–H groups in total. The van der Waals surface area contributed by atoms with Crippen LogP contribution in [0.4, 0.5) is 13.2 Å². The topological polar surface area (TPSA) is 73.2 Å². The lowest BCUT2D eigenvalue weighted by Crippen LogP contribution is -2.33. The van der Waals surface area contributed by atoms with E-state index in [1.165, 1.54) is 25.1 Å². The minimum Gasteiger partial charge on any atom is -0.374 e. The Morgan fingerprint density at radius 2 is 1.79 bits per heavy atom. The number of carbonyl (C=O) groups excluding carboxylic acids is 1. The molecule has 0 radical (unpaired) electrons. The lowest BCUT2D eigenvalue weighted by atomic mass is 10.1. The number of para-hydroxylation sites is 1. The van der Waals surface area contributed by atoms with Gasteiger partial charge in [0.2, 0.25) is 5.43 Å². The molecule has 0 bridgehead atoms. The number of nitrogens with one attached hydrogen (secondary N) is 1. The predicted octanol–water partition coefficient (Wildman–Crippen LogP) is 4.46. The molecule has 0 aliphatic rings. The van der Waals surface area contributed by atoms with Gasteiger partial charge in [-0.05, 0) is 38.0 Å². The fourth-order valence-electron chi connectivity index (χ4n) is 3.28. The van der Waals surface area contributed by atoms with Crippen molar-refractivity contribution in [3.05, 3.63) is 93.4 Å². The first-order valence-corrected chi connectivity index (χ1v) is 10.4. The third-order valence-electron chi connectivity index (χ3n) is 5.00. The highest BCUT2D eigenvalue weighted by atomic mass is 19.4. The molecule has 0 spiro atoms. The maximum Gasteiger partial charge on any atom is 0.418 e. The molecule has 6 nitrogen and oxygen atoms in total. The largest absolute Gasteiger partial charge is 0.418 e. The predicted molar refractivity (Wildman–Crippen MR) is 117 cm³/mol. The molecule has 0 saturated carbocycles. The summed E-state index contributed by atoms with van der Waals surface area (Å²) < 4.78 is 46.9. The molecule has 0 aliphatic carbocycles. The number of aromatic nitrogens is 2. The van der Waals surface area contributed by atoms with E-state index in [4.69, 9.17) is 4.74 Å². The van der Waals surface area contributed by atoms with Crippen molar-refractivity contribution in [3.63, 3.8) is 0 Å². The van der Waals surface area contributed by atoms with Gasteiger partial charge in [-0.3, -0.25) is 9.59 Å². The van der Waals surface area contributed by atoms with Crippen molar-refractivity contribution in [1.29, 1.82) is 0 Å². The highest BCUT2D eigenvalue weighted by Gasteiger charge is 2.34. The second-order valence-electron chi connectivity index (χ2n) is 7.46. The van der Waals surface area contributed by atoms with Gasteiger partial charge in [0, 0.05) is 24.9 Å². The maximum absolute atomic E-state index is 13.4. The SMILES string of the molecule is Cc1cc(=O)c(C(=O)NCCCOC(C)c2ccccc2)nn1-c1ccccc1C(F)(F)F. The van der Waals surface area contributed by atoms with Crippen LogP contribution in [-0.4, -0.2) is 28.8 Å². The van der Waals surface area contributed by atoms with Crippen molar-refractivity contribution in [1.82, 2.24) is 15.1 Å². The molecule has 1 heterocycles. The number of ether oxygens (including phenoxy) is 1. The van der Waals surface area contributed by atoms with Gasteiger partial charge < -0.3 is 10.1 Å². The Bertz CT molecular complexity index is 1160.